The molecule has 1 nitrogen and oxygen atoms in total. The lowest BCUT2D eigenvalue weighted by molar-refractivity contribution is 0.340. The van der Waals surface area contributed by atoms with Gasteiger partial charge in [0, 0.05) is 9.30 Å². The van der Waals surface area contributed by atoms with Crippen molar-refractivity contribution in [1.29, 1.82) is 0 Å². The van der Waals surface area contributed by atoms with Crippen LogP contribution in [0.15, 0.2) is 22.7 Å². The molecule has 19 heavy (non-hydrogen) atoms. The number of ether oxygens (including phenoxy) is 1. The summed E-state index contributed by atoms with van der Waals surface area (Å²) in [6.07, 6.45) is 0. The first-order valence-corrected chi connectivity index (χ1v) is 8.50. The topological polar surface area (TPSA) is 9.23 Å². The Hall–Kier alpha value is -0.0200. The molecule has 0 saturated heterocycles. The second kappa shape index (κ2) is 5.07. The number of hydrogen-bond donors (Lipinski definition) is 0. The van der Waals surface area contributed by atoms with Gasteiger partial charge in [0.05, 0.1) is 6.61 Å². The maximum absolute atomic E-state index is 5.53. The molecule has 106 valence electrons. The van der Waals surface area contributed by atoms with E-state index in [1.54, 1.807) is 0 Å². The SMILES string of the molecule is CCOc1ccc(C(Br)C2C(C)(C)C2(C)C)c(Br)c1. The smallest absolute Gasteiger partial charge is 0.120 e. The largest absolute Gasteiger partial charge is 0.494 e. The van der Waals surface area contributed by atoms with E-state index >= 15 is 0 Å². The van der Waals surface area contributed by atoms with Crippen molar-refractivity contribution < 1.29 is 4.74 Å². The molecule has 1 fully saturated rings. The van der Waals surface area contributed by atoms with Crippen molar-refractivity contribution in [3.05, 3.63) is 28.2 Å². The van der Waals surface area contributed by atoms with Gasteiger partial charge >= 0.3 is 0 Å². The van der Waals surface area contributed by atoms with Gasteiger partial charge in [0.15, 0.2) is 0 Å². The second-order valence-corrected chi connectivity index (χ2v) is 8.28. The molecule has 1 saturated carbocycles. The van der Waals surface area contributed by atoms with Crippen LogP contribution in [0.2, 0.25) is 0 Å². The zero-order valence-corrected chi connectivity index (χ0v) is 15.4. The molecule has 2 rings (SSSR count). The highest BCUT2D eigenvalue weighted by molar-refractivity contribution is 9.11. The van der Waals surface area contributed by atoms with Crippen LogP contribution in [0.25, 0.3) is 0 Å². The van der Waals surface area contributed by atoms with E-state index in [1.807, 2.05) is 6.92 Å². The molecule has 0 aliphatic heterocycles. The first-order valence-electron chi connectivity index (χ1n) is 6.79. The summed E-state index contributed by atoms with van der Waals surface area (Å²) in [6.45, 7) is 12.1. The summed E-state index contributed by atoms with van der Waals surface area (Å²) in [5, 5.41) is 0. The molecular formula is C16H22Br2O. The van der Waals surface area contributed by atoms with Crippen molar-refractivity contribution >= 4 is 31.9 Å². The maximum Gasteiger partial charge on any atom is 0.120 e. The fraction of sp³-hybridized carbons (Fsp3) is 0.625. The second-order valence-electron chi connectivity index (χ2n) is 6.44. The number of halogens is 2. The third-order valence-corrected chi connectivity index (χ3v) is 6.71. The zero-order valence-electron chi connectivity index (χ0n) is 12.3. The van der Waals surface area contributed by atoms with Crippen LogP contribution in [0.1, 0.15) is 45.0 Å². The van der Waals surface area contributed by atoms with Crippen molar-refractivity contribution in [3.8, 4) is 5.75 Å². The Morgan fingerprint density at radius 3 is 2.21 bits per heavy atom. The molecule has 1 aliphatic rings. The van der Waals surface area contributed by atoms with Crippen molar-refractivity contribution in [2.45, 2.75) is 39.4 Å². The fourth-order valence-electron chi connectivity index (χ4n) is 3.15. The summed E-state index contributed by atoms with van der Waals surface area (Å²) in [7, 11) is 0. The molecular weight excluding hydrogens is 368 g/mol. The lowest BCUT2D eigenvalue weighted by atomic mass is 10.0. The van der Waals surface area contributed by atoms with E-state index in [0.717, 1.165) is 10.2 Å². The Bertz CT molecular complexity index is 466. The average Bonchev–Trinajstić information content (AvgIpc) is 2.69. The predicted octanol–water partition coefficient (Wildman–Crippen LogP) is 5.97. The van der Waals surface area contributed by atoms with Crippen LogP contribution in [-0.4, -0.2) is 6.61 Å². The summed E-state index contributed by atoms with van der Waals surface area (Å²) in [6, 6.07) is 6.29. The van der Waals surface area contributed by atoms with E-state index < -0.39 is 0 Å². The minimum absolute atomic E-state index is 0.374. The van der Waals surface area contributed by atoms with Crippen LogP contribution in [0.3, 0.4) is 0 Å². The highest BCUT2D eigenvalue weighted by Crippen LogP contribution is 2.74. The molecule has 1 aromatic carbocycles. The number of rotatable bonds is 4. The van der Waals surface area contributed by atoms with Crippen molar-refractivity contribution in [2.24, 2.45) is 16.7 Å². The molecule has 0 bridgehead atoms. The van der Waals surface area contributed by atoms with Crippen molar-refractivity contribution in [2.75, 3.05) is 6.61 Å². The fourth-order valence-corrected chi connectivity index (χ4v) is 5.78. The lowest BCUT2D eigenvalue weighted by Crippen LogP contribution is -2.01. The molecule has 1 atom stereocenters. The van der Waals surface area contributed by atoms with Gasteiger partial charge in [0.2, 0.25) is 0 Å². The summed E-state index contributed by atoms with van der Waals surface area (Å²) in [4.78, 5) is 0.377. The van der Waals surface area contributed by atoms with E-state index in [4.69, 9.17) is 4.74 Å². The van der Waals surface area contributed by atoms with Crippen molar-refractivity contribution in [1.82, 2.24) is 0 Å². The molecule has 0 amide bonds. The van der Waals surface area contributed by atoms with Gasteiger partial charge in [-0.3, -0.25) is 0 Å². The first-order chi connectivity index (χ1) is 8.73. The Kier molecular flexibility index (Phi) is 4.10. The van der Waals surface area contributed by atoms with E-state index in [2.05, 4.69) is 77.8 Å². The Balaban J connectivity index is 2.24. The molecule has 0 heterocycles. The summed E-state index contributed by atoms with van der Waals surface area (Å²) >= 11 is 7.59. The Morgan fingerprint density at radius 2 is 1.79 bits per heavy atom. The normalized spacial score (nSPS) is 22.1. The van der Waals surface area contributed by atoms with Gasteiger partial charge in [-0.2, -0.15) is 0 Å². The van der Waals surface area contributed by atoms with Crippen LogP contribution >= 0.6 is 31.9 Å². The molecule has 0 radical (unpaired) electrons. The predicted molar refractivity (Wildman–Crippen MR) is 88.0 cm³/mol. The van der Waals surface area contributed by atoms with Crippen LogP contribution < -0.4 is 4.74 Å². The summed E-state index contributed by atoms with van der Waals surface area (Å²) in [5.41, 5.74) is 2.06. The quantitative estimate of drug-likeness (QED) is 0.576. The van der Waals surface area contributed by atoms with E-state index in [-0.39, 0.29) is 0 Å². The van der Waals surface area contributed by atoms with E-state index in [1.165, 1.54) is 5.56 Å². The molecule has 0 aromatic heterocycles. The number of alkyl halides is 1. The Morgan fingerprint density at radius 1 is 1.21 bits per heavy atom. The van der Waals surface area contributed by atoms with Gasteiger partial charge in [0.25, 0.3) is 0 Å². The third-order valence-electron chi connectivity index (χ3n) is 5.01. The van der Waals surface area contributed by atoms with Crippen LogP contribution in [0.4, 0.5) is 0 Å². The zero-order chi connectivity index (χ0) is 14.4. The highest BCUT2D eigenvalue weighted by Gasteiger charge is 2.66. The molecule has 1 unspecified atom stereocenters. The van der Waals surface area contributed by atoms with Gasteiger partial charge in [-0.15, -0.1) is 0 Å². The molecule has 1 aliphatic carbocycles. The van der Waals surface area contributed by atoms with Gasteiger partial charge in [-0.25, -0.2) is 0 Å². The lowest BCUT2D eigenvalue weighted by Gasteiger charge is -2.15. The Labute approximate surface area is 133 Å². The highest BCUT2D eigenvalue weighted by atomic mass is 79.9. The molecule has 3 heteroatoms. The van der Waals surface area contributed by atoms with Gasteiger partial charge in [-0.1, -0.05) is 65.6 Å². The summed E-state index contributed by atoms with van der Waals surface area (Å²) < 4.78 is 6.66. The van der Waals surface area contributed by atoms with E-state index in [0.29, 0.717) is 28.2 Å². The average molecular weight is 390 g/mol. The third kappa shape index (κ3) is 2.49. The van der Waals surface area contributed by atoms with Gasteiger partial charge < -0.3 is 4.74 Å². The molecule has 0 spiro atoms. The number of hydrogen-bond acceptors (Lipinski definition) is 1. The summed E-state index contributed by atoms with van der Waals surface area (Å²) in [5.74, 6) is 1.57. The first kappa shape index (κ1) is 15.4. The monoisotopic (exact) mass is 388 g/mol. The molecule has 1 aromatic rings. The van der Waals surface area contributed by atoms with Gasteiger partial charge in [0.1, 0.15) is 5.75 Å². The van der Waals surface area contributed by atoms with Crippen LogP contribution in [-0.2, 0) is 0 Å². The van der Waals surface area contributed by atoms with Crippen molar-refractivity contribution in [3.63, 3.8) is 0 Å². The minimum atomic E-state index is 0.374. The standard InChI is InChI=1S/C16H22Br2O/c1-6-19-10-7-8-11(12(17)9-10)13(18)14-15(2,3)16(14,4)5/h7-9,13-14H,6H2,1-5H3. The molecule has 0 N–H and O–H groups in total. The minimum Gasteiger partial charge on any atom is -0.494 e. The van der Waals surface area contributed by atoms with Crippen LogP contribution in [0, 0.1) is 16.7 Å². The van der Waals surface area contributed by atoms with Gasteiger partial charge in [-0.05, 0) is 41.4 Å². The maximum atomic E-state index is 5.53. The van der Waals surface area contributed by atoms with Crippen LogP contribution in [0.5, 0.6) is 5.75 Å². The van der Waals surface area contributed by atoms with E-state index in [9.17, 15) is 0 Å². The number of benzene rings is 1.